The van der Waals surface area contributed by atoms with Crippen LogP contribution in [-0.2, 0) is 27.3 Å². The number of ether oxygens (including phenoxy) is 1. The van der Waals surface area contributed by atoms with Crippen LogP contribution in [0.5, 0.6) is 0 Å². The molecular weight excluding hydrogens is 501 g/mol. The molecule has 1 aliphatic heterocycles. The summed E-state index contributed by atoms with van der Waals surface area (Å²) in [4.78, 5) is 42.7. The molecule has 2 aromatic rings. The highest BCUT2D eigenvalue weighted by molar-refractivity contribution is 5.90. The van der Waals surface area contributed by atoms with Crippen LogP contribution in [0, 0.1) is 11.7 Å². The van der Waals surface area contributed by atoms with Crippen molar-refractivity contribution in [1.82, 2.24) is 25.8 Å². The minimum atomic E-state index is -0.844. The zero-order chi connectivity index (χ0) is 28.4. The maximum Gasteiger partial charge on any atom is 0.409 e. The monoisotopic (exact) mass is 541 g/mol. The second-order valence-electron chi connectivity index (χ2n) is 10.2. The third kappa shape index (κ3) is 9.04. The molecule has 212 valence electrons. The Hall–Kier alpha value is -3.50. The van der Waals surface area contributed by atoms with Crippen molar-refractivity contribution < 1.29 is 23.5 Å². The molecule has 0 radical (unpaired) electrons. The highest BCUT2D eigenvalue weighted by Gasteiger charge is 2.38. The third-order valence-electron chi connectivity index (χ3n) is 6.82. The number of rotatable bonds is 11. The number of nitrogens with zero attached hydrogens (tertiary/aromatic N) is 2. The van der Waals surface area contributed by atoms with Crippen LogP contribution in [0.3, 0.4) is 0 Å². The van der Waals surface area contributed by atoms with E-state index in [0.717, 1.165) is 11.1 Å². The lowest BCUT2D eigenvalue weighted by molar-refractivity contribution is -0.153. The standard InChI is InChI=1S/C29H40FN5O4/c1-20(2)26(33-27(36)21(3)31-4)28(37)35-16-15-34(18-23-9-6-5-7-10-23)19-25(35)39-29(38)32-14-13-22-11-8-12-24(30)17-22/h5-12,17,20-21,25-26,31H,13-16,18-19H2,1-4H3,(H,32,38)(H,33,36)/t21-,25-,26-/m0/s1. The summed E-state index contributed by atoms with van der Waals surface area (Å²) < 4.78 is 19.2. The molecule has 1 fully saturated rings. The first kappa shape index (κ1) is 30.0. The van der Waals surface area contributed by atoms with Crippen molar-refractivity contribution >= 4 is 17.9 Å². The Bertz CT molecular complexity index is 1100. The molecule has 1 saturated heterocycles. The Balaban J connectivity index is 1.70. The molecule has 0 spiro atoms. The van der Waals surface area contributed by atoms with Crippen molar-refractivity contribution in [2.75, 3.05) is 33.2 Å². The van der Waals surface area contributed by atoms with E-state index in [-0.39, 0.29) is 30.1 Å². The second kappa shape index (κ2) is 14.6. The van der Waals surface area contributed by atoms with E-state index in [1.807, 2.05) is 44.2 Å². The molecule has 10 heteroatoms. The molecule has 3 atom stereocenters. The van der Waals surface area contributed by atoms with Crippen LogP contribution in [0.25, 0.3) is 0 Å². The lowest BCUT2D eigenvalue weighted by atomic mass is 10.0. The van der Waals surface area contributed by atoms with Gasteiger partial charge in [0, 0.05) is 26.2 Å². The molecule has 2 aromatic carbocycles. The van der Waals surface area contributed by atoms with Gasteiger partial charge in [-0.25, -0.2) is 9.18 Å². The molecular formula is C29H40FN5O4. The number of likely N-dealkylation sites (N-methyl/N-ethyl adjacent to an activating group) is 1. The van der Waals surface area contributed by atoms with E-state index in [1.165, 1.54) is 12.1 Å². The fourth-order valence-corrected chi connectivity index (χ4v) is 4.41. The molecule has 1 heterocycles. The van der Waals surface area contributed by atoms with Gasteiger partial charge in [0.1, 0.15) is 11.9 Å². The summed E-state index contributed by atoms with van der Waals surface area (Å²) >= 11 is 0. The van der Waals surface area contributed by atoms with Crippen molar-refractivity contribution in [1.29, 1.82) is 0 Å². The van der Waals surface area contributed by atoms with Gasteiger partial charge in [-0.1, -0.05) is 56.3 Å². The van der Waals surface area contributed by atoms with Crippen LogP contribution in [0.2, 0.25) is 0 Å². The van der Waals surface area contributed by atoms with E-state index in [1.54, 1.807) is 31.0 Å². The summed E-state index contributed by atoms with van der Waals surface area (Å²) in [5.74, 6) is -1.08. The van der Waals surface area contributed by atoms with Crippen LogP contribution in [0.1, 0.15) is 31.9 Å². The van der Waals surface area contributed by atoms with Crippen LogP contribution < -0.4 is 16.0 Å². The van der Waals surface area contributed by atoms with Crippen molar-refractivity contribution in [3.63, 3.8) is 0 Å². The summed E-state index contributed by atoms with van der Waals surface area (Å²) in [5.41, 5.74) is 1.87. The van der Waals surface area contributed by atoms with E-state index in [0.29, 0.717) is 32.6 Å². The molecule has 0 bridgehead atoms. The average Bonchev–Trinajstić information content (AvgIpc) is 2.91. The van der Waals surface area contributed by atoms with E-state index in [4.69, 9.17) is 4.74 Å². The predicted molar refractivity (Wildman–Crippen MR) is 147 cm³/mol. The molecule has 0 saturated carbocycles. The smallest absolute Gasteiger partial charge is 0.409 e. The van der Waals surface area contributed by atoms with Gasteiger partial charge in [-0.2, -0.15) is 0 Å². The number of carbonyl (C=O) groups is 3. The van der Waals surface area contributed by atoms with E-state index >= 15 is 0 Å². The third-order valence-corrected chi connectivity index (χ3v) is 6.82. The number of benzene rings is 2. The number of nitrogens with one attached hydrogen (secondary N) is 3. The molecule has 0 unspecified atom stereocenters. The molecule has 3 N–H and O–H groups in total. The topological polar surface area (TPSA) is 103 Å². The van der Waals surface area contributed by atoms with Gasteiger partial charge in [-0.15, -0.1) is 0 Å². The molecule has 3 rings (SSSR count). The first-order valence-electron chi connectivity index (χ1n) is 13.4. The van der Waals surface area contributed by atoms with Crippen LogP contribution in [0.4, 0.5) is 9.18 Å². The van der Waals surface area contributed by atoms with Gasteiger partial charge in [0.15, 0.2) is 6.23 Å². The minimum Gasteiger partial charge on any atom is -0.424 e. The zero-order valence-electron chi connectivity index (χ0n) is 23.2. The van der Waals surface area contributed by atoms with Gasteiger partial charge in [0.25, 0.3) is 0 Å². The van der Waals surface area contributed by atoms with E-state index in [9.17, 15) is 18.8 Å². The van der Waals surface area contributed by atoms with Crippen molar-refractivity contribution in [3.8, 4) is 0 Å². The Morgan fingerprint density at radius 1 is 1.03 bits per heavy atom. The van der Waals surface area contributed by atoms with Crippen LogP contribution >= 0.6 is 0 Å². The van der Waals surface area contributed by atoms with Crippen molar-refractivity contribution in [2.24, 2.45) is 5.92 Å². The lowest BCUT2D eigenvalue weighted by Gasteiger charge is -2.42. The second-order valence-corrected chi connectivity index (χ2v) is 10.2. The van der Waals surface area contributed by atoms with Crippen LogP contribution in [-0.4, -0.2) is 79.2 Å². The van der Waals surface area contributed by atoms with Gasteiger partial charge in [0.05, 0.1) is 12.6 Å². The fourth-order valence-electron chi connectivity index (χ4n) is 4.41. The molecule has 0 aliphatic carbocycles. The number of halogens is 1. The summed E-state index contributed by atoms with van der Waals surface area (Å²) in [6.45, 7) is 7.61. The largest absolute Gasteiger partial charge is 0.424 e. The Labute approximate surface area is 230 Å². The molecule has 0 aromatic heterocycles. The highest BCUT2D eigenvalue weighted by Crippen LogP contribution is 2.18. The number of carbonyl (C=O) groups excluding carboxylic acids is 3. The number of amides is 3. The maximum atomic E-state index is 13.7. The van der Waals surface area contributed by atoms with Gasteiger partial charge < -0.3 is 25.6 Å². The summed E-state index contributed by atoms with van der Waals surface area (Å²) in [6.07, 6.45) is -1.07. The molecule has 3 amide bonds. The van der Waals surface area contributed by atoms with Crippen molar-refractivity contribution in [3.05, 3.63) is 71.5 Å². The van der Waals surface area contributed by atoms with Gasteiger partial charge >= 0.3 is 6.09 Å². The predicted octanol–water partition coefficient (Wildman–Crippen LogP) is 2.51. The quantitative estimate of drug-likeness (QED) is 0.404. The first-order valence-corrected chi connectivity index (χ1v) is 13.4. The first-order chi connectivity index (χ1) is 18.7. The number of alkyl carbamates (subject to hydrolysis) is 1. The normalized spacial score (nSPS) is 17.4. The summed E-state index contributed by atoms with van der Waals surface area (Å²) in [7, 11) is 1.68. The molecule has 1 aliphatic rings. The SMILES string of the molecule is CN[C@@H](C)C(=O)N[C@H](C(=O)N1CCN(Cc2ccccc2)C[C@@H]1OC(=O)NCCc1cccc(F)c1)C(C)C. The number of hydrogen-bond donors (Lipinski definition) is 3. The van der Waals surface area contributed by atoms with Gasteiger partial charge in [-0.3, -0.25) is 14.5 Å². The lowest BCUT2D eigenvalue weighted by Crippen LogP contribution is -2.62. The van der Waals surface area contributed by atoms with Gasteiger partial charge in [-0.05, 0) is 49.6 Å². The van der Waals surface area contributed by atoms with Crippen LogP contribution in [0.15, 0.2) is 54.6 Å². The molecule has 39 heavy (non-hydrogen) atoms. The summed E-state index contributed by atoms with van der Waals surface area (Å²) in [6, 6.07) is 14.9. The minimum absolute atomic E-state index is 0.173. The van der Waals surface area contributed by atoms with Crippen molar-refractivity contribution in [2.45, 2.75) is 52.0 Å². The number of hydrogen-bond acceptors (Lipinski definition) is 6. The summed E-state index contributed by atoms with van der Waals surface area (Å²) in [5, 5.41) is 8.45. The Kier molecular flexibility index (Phi) is 11.2. The highest BCUT2D eigenvalue weighted by atomic mass is 19.1. The zero-order valence-corrected chi connectivity index (χ0v) is 23.2. The van der Waals surface area contributed by atoms with E-state index in [2.05, 4.69) is 20.9 Å². The molecule has 9 nitrogen and oxygen atoms in total. The van der Waals surface area contributed by atoms with E-state index < -0.39 is 24.4 Å². The fraction of sp³-hybridized carbons (Fsp3) is 0.483. The average molecular weight is 542 g/mol. The number of piperazine rings is 1. The van der Waals surface area contributed by atoms with Gasteiger partial charge in [0.2, 0.25) is 11.8 Å². The Morgan fingerprint density at radius 3 is 2.41 bits per heavy atom. The maximum absolute atomic E-state index is 13.7. The Morgan fingerprint density at radius 2 is 1.74 bits per heavy atom.